The summed E-state index contributed by atoms with van der Waals surface area (Å²) in [7, 11) is 0. The van der Waals surface area contributed by atoms with Crippen molar-refractivity contribution in [2.75, 3.05) is 6.54 Å². The number of benzene rings is 1. The molecule has 0 aliphatic carbocycles. The number of nitrogens with one attached hydrogen (secondary N) is 1. The van der Waals surface area contributed by atoms with Crippen LogP contribution in [0.15, 0.2) is 24.3 Å². The lowest BCUT2D eigenvalue weighted by Crippen LogP contribution is -2.19. The Morgan fingerprint density at radius 1 is 1.47 bits per heavy atom. The second kappa shape index (κ2) is 6.81. The number of hydrogen-bond donors (Lipinski definition) is 1. The molecular weight excluding hydrogens is 226 g/mol. The summed E-state index contributed by atoms with van der Waals surface area (Å²) in [4.78, 5) is 0. The first kappa shape index (κ1) is 13.4. The van der Waals surface area contributed by atoms with E-state index in [1.54, 1.807) is 12.1 Å². The van der Waals surface area contributed by atoms with Gasteiger partial charge in [0.15, 0.2) is 0 Å². The second-order valence-corrected chi connectivity index (χ2v) is 3.53. The van der Waals surface area contributed by atoms with Gasteiger partial charge in [-0.1, -0.05) is 12.1 Å². The van der Waals surface area contributed by atoms with Crippen LogP contribution in [0.4, 0.5) is 8.78 Å². The van der Waals surface area contributed by atoms with Crippen molar-refractivity contribution in [1.82, 2.24) is 5.32 Å². The van der Waals surface area contributed by atoms with Crippen molar-refractivity contribution in [3.8, 4) is 11.8 Å². The first-order valence-corrected chi connectivity index (χ1v) is 5.28. The van der Waals surface area contributed by atoms with Gasteiger partial charge in [-0.3, -0.25) is 0 Å². The zero-order chi connectivity index (χ0) is 12.7. The molecule has 0 aliphatic rings. The molecule has 0 heterocycles. The Kier molecular flexibility index (Phi) is 5.37. The van der Waals surface area contributed by atoms with Crippen LogP contribution in [-0.2, 0) is 0 Å². The van der Waals surface area contributed by atoms with E-state index in [2.05, 4.69) is 10.1 Å². The highest BCUT2D eigenvalue weighted by Gasteiger charge is 2.08. The summed E-state index contributed by atoms with van der Waals surface area (Å²) in [6.07, 6.45) is 0.414. The highest BCUT2D eigenvalue weighted by molar-refractivity contribution is 5.30. The van der Waals surface area contributed by atoms with E-state index in [1.165, 1.54) is 6.07 Å². The molecule has 0 saturated carbocycles. The molecule has 0 spiro atoms. The van der Waals surface area contributed by atoms with Crippen LogP contribution >= 0.6 is 0 Å². The minimum Gasteiger partial charge on any atom is -0.435 e. The molecular formula is C12H14F2N2O. The Bertz CT molecular complexity index is 390. The van der Waals surface area contributed by atoms with Gasteiger partial charge in [-0.25, -0.2) is 0 Å². The molecule has 0 aromatic heterocycles. The van der Waals surface area contributed by atoms with Crippen LogP contribution in [0.2, 0.25) is 0 Å². The number of halogens is 2. The fourth-order valence-electron chi connectivity index (χ4n) is 1.42. The quantitative estimate of drug-likeness (QED) is 0.777. The van der Waals surface area contributed by atoms with Gasteiger partial charge >= 0.3 is 6.61 Å². The molecule has 1 unspecified atom stereocenters. The van der Waals surface area contributed by atoms with Gasteiger partial charge in [-0.05, 0) is 24.6 Å². The van der Waals surface area contributed by atoms with Crippen molar-refractivity contribution in [1.29, 1.82) is 5.26 Å². The Labute approximate surface area is 99.0 Å². The third kappa shape index (κ3) is 4.79. The van der Waals surface area contributed by atoms with Crippen LogP contribution in [-0.4, -0.2) is 13.2 Å². The third-order valence-electron chi connectivity index (χ3n) is 2.27. The molecule has 5 heteroatoms. The molecule has 1 aromatic rings. The van der Waals surface area contributed by atoms with Crippen LogP contribution in [0.5, 0.6) is 5.75 Å². The van der Waals surface area contributed by atoms with E-state index >= 15 is 0 Å². The van der Waals surface area contributed by atoms with Crippen molar-refractivity contribution in [3.63, 3.8) is 0 Å². The number of rotatable bonds is 6. The minimum atomic E-state index is -2.81. The maximum atomic E-state index is 12.0. The number of ether oxygens (including phenoxy) is 1. The highest BCUT2D eigenvalue weighted by Crippen LogP contribution is 2.20. The summed E-state index contributed by atoms with van der Waals surface area (Å²) >= 11 is 0. The van der Waals surface area contributed by atoms with Crippen molar-refractivity contribution < 1.29 is 13.5 Å². The van der Waals surface area contributed by atoms with Gasteiger partial charge in [0.2, 0.25) is 0 Å². The fourth-order valence-corrected chi connectivity index (χ4v) is 1.42. The molecule has 0 amide bonds. The lowest BCUT2D eigenvalue weighted by atomic mass is 10.1. The van der Waals surface area contributed by atoms with E-state index in [-0.39, 0.29) is 11.8 Å². The average molecular weight is 240 g/mol. The topological polar surface area (TPSA) is 45.0 Å². The molecule has 3 nitrogen and oxygen atoms in total. The van der Waals surface area contributed by atoms with Gasteiger partial charge in [-0.2, -0.15) is 14.0 Å². The first-order valence-electron chi connectivity index (χ1n) is 5.28. The van der Waals surface area contributed by atoms with Crippen LogP contribution in [0, 0.1) is 11.3 Å². The van der Waals surface area contributed by atoms with E-state index in [0.717, 1.165) is 5.56 Å². The van der Waals surface area contributed by atoms with Gasteiger partial charge in [0.1, 0.15) is 5.75 Å². The summed E-state index contributed by atoms with van der Waals surface area (Å²) in [5, 5.41) is 11.5. The zero-order valence-electron chi connectivity index (χ0n) is 9.49. The Morgan fingerprint density at radius 2 is 2.24 bits per heavy atom. The lowest BCUT2D eigenvalue weighted by Gasteiger charge is -2.14. The maximum absolute atomic E-state index is 12.0. The smallest absolute Gasteiger partial charge is 0.387 e. The average Bonchev–Trinajstić information content (AvgIpc) is 2.28. The second-order valence-electron chi connectivity index (χ2n) is 3.53. The van der Waals surface area contributed by atoms with Gasteiger partial charge < -0.3 is 10.1 Å². The van der Waals surface area contributed by atoms with Crippen LogP contribution in [0.25, 0.3) is 0 Å². The number of nitrogens with zero attached hydrogens (tertiary/aromatic N) is 1. The minimum absolute atomic E-state index is 0.00966. The largest absolute Gasteiger partial charge is 0.435 e. The Hall–Kier alpha value is -1.67. The Morgan fingerprint density at radius 3 is 2.88 bits per heavy atom. The van der Waals surface area contributed by atoms with Crippen molar-refractivity contribution in [2.45, 2.75) is 26.0 Å². The van der Waals surface area contributed by atoms with Gasteiger partial charge in [0, 0.05) is 19.0 Å². The molecule has 0 radical (unpaired) electrons. The molecule has 0 bridgehead atoms. The zero-order valence-corrected chi connectivity index (χ0v) is 9.49. The molecule has 1 atom stereocenters. The summed E-state index contributed by atoms with van der Waals surface area (Å²) in [5.74, 6) is 0.145. The molecule has 0 aliphatic heterocycles. The normalized spacial score (nSPS) is 12.2. The van der Waals surface area contributed by atoms with Crippen LogP contribution < -0.4 is 10.1 Å². The highest BCUT2D eigenvalue weighted by atomic mass is 19.3. The van der Waals surface area contributed by atoms with Gasteiger partial charge in [0.25, 0.3) is 0 Å². The fraction of sp³-hybridized carbons (Fsp3) is 0.417. The van der Waals surface area contributed by atoms with Crippen LogP contribution in [0.3, 0.4) is 0 Å². The van der Waals surface area contributed by atoms with Crippen molar-refractivity contribution in [2.24, 2.45) is 0 Å². The van der Waals surface area contributed by atoms with Gasteiger partial charge in [0.05, 0.1) is 6.07 Å². The monoisotopic (exact) mass is 240 g/mol. The molecule has 17 heavy (non-hydrogen) atoms. The van der Waals surface area contributed by atoms with E-state index in [1.807, 2.05) is 19.1 Å². The lowest BCUT2D eigenvalue weighted by molar-refractivity contribution is -0.0499. The van der Waals surface area contributed by atoms with E-state index in [4.69, 9.17) is 5.26 Å². The molecule has 0 saturated heterocycles. The first-order chi connectivity index (χ1) is 8.13. The number of alkyl halides is 2. The predicted molar refractivity (Wildman–Crippen MR) is 59.7 cm³/mol. The maximum Gasteiger partial charge on any atom is 0.387 e. The SMILES string of the molecule is CC(NCCC#N)c1cccc(OC(F)F)c1. The summed E-state index contributed by atoms with van der Waals surface area (Å²) in [6.45, 7) is -0.344. The third-order valence-corrected chi connectivity index (χ3v) is 2.27. The molecule has 1 N–H and O–H groups in total. The molecule has 92 valence electrons. The van der Waals surface area contributed by atoms with Crippen LogP contribution in [0.1, 0.15) is 24.9 Å². The standard InChI is InChI=1S/C12H14F2N2O/c1-9(16-7-3-6-15)10-4-2-5-11(8-10)17-12(13)14/h2,4-5,8-9,12,16H,3,7H2,1H3. The van der Waals surface area contributed by atoms with E-state index < -0.39 is 6.61 Å². The summed E-state index contributed by atoms with van der Waals surface area (Å²) in [6, 6.07) is 8.55. The van der Waals surface area contributed by atoms with Gasteiger partial charge in [-0.15, -0.1) is 0 Å². The van der Waals surface area contributed by atoms with E-state index in [0.29, 0.717) is 13.0 Å². The summed E-state index contributed by atoms with van der Waals surface area (Å²) < 4.78 is 28.4. The Balaban J connectivity index is 2.61. The molecule has 0 fully saturated rings. The van der Waals surface area contributed by atoms with Crippen molar-refractivity contribution >= 4 is 0 Å². The predicted octanol–water partition coefficient (Wildman–Crippen LogP) is 2.85. The number of hydrogen-bond acceptors (Lipinski definition) is 3. The van der Waals surface area contributed by atoms with E-state index in [9.17, 15) is 8.78 Å². The van der Waals surface area contributed by atoms with Crippen molar-refractivity contribution in [3.05, 3.63) is 29.8 Å². The molecule has 1 aromatic carbocycles. The number of nitriles is 1. The summed E-state index contributed by atoms with van der Waals surface area (Å²) in [5.41, 5.74) is 0.848. The molecule has 1 rings (SSSR count).